The Labute approximate surface area is 154 Å². The fraction of sp³-hybridized carbons (Fsp3) is 0.176. The Morgan fingerprint density at radius 2 is 2.00 bits per heavy atom. The van der Waals surface area contributed by atoms with Crippen molar-refractivity contribution in [3.05, 3.63) is 59.1 Å². The lowest BCUT2D eigenvalue weighted by Crippen LogP contribution is -2.38. The number of anilines is 2. The molecule has 0 radical (unpaired) electrons. The van der Waals surface area contributed by atoms with Crippen LogP contribution >= 0.6 is 12.2 Å². The van der Waals surface area contributed by atoms with Crippen LogP contribution in [-0.4, -0.2) is 44.6 Å². The quantitative estimate of drug-likeness (QED) is 0.410. The smallest absolute Gasteiger partial charge is 0.272 e. The van der Waals surface area contributed by atoms with Gasteiger partial charge in [-0.2, -0.15) is 5.10 Å². The number of aliphatic hydroxyl groups excluding tert-OH is 1. The van der Waals surface area contributed by atoms with Crippen LogP contribution < -0.4 is 21.5 Å². The summed E-state index contributed by atoms with van der Waals surface area (Å²) in [6.45, 7) is 0.492. The zero-order valence-corrected chi connectivity index (χ0v) is 14.6. The highest BCUT2D eigenvalue weighted by atomic mass is 32.1. The van der Waals surface area contributed by atoms with Crippen LogP contribution in [-0.2, 0) is 0 Å². The molecule has 0 aliphatic carbocycles. The molecular weight excluding hydrogens is 352 g/mol. The average molecular weight is 370 g/mol. The molecule has 2 heterocycles. The van der Waals surface area contributed by atoms with Crippen molar-refractivity contribution < 1.29 is 5.11 Å². The number of thiocarbonyl (C=S) groups is 1. The average Bonchev–Trinajstić information content (AvgIpc) is 2.67. The monoisotopic (exact) mass is 370 g/mol. The number of aromatic nitrogens is 3. The van der Waals surface area contributed by atoms with E-state index < -0.39 is 6.10 Å². The molecule has 5 N–H and O–H groups in total. The summed E-state index contributed by atoms with van der Waals surface area (Å²) in [4.78, 5) is 15.8. The molecule has 0 aliphatic heterocycles. The van der Waals surface area contributed by atoms with Gasteiger partial charge in [0.1, 0.15) is 0 Å². The van der Waals surface area contributed by atoms with Crippen LogP contribution in [0.2, 0.25) is 0 Å². The maximum absolute atomic E-state index is 11.8. The molecule has 0 fully saturated rings. The van der Waals surface area contributed by atoms with Gasteiger partial charge >= 0.3 is 0 Å². The van der Waals surface area contributed by atoms with Crippen LogP contribution in [0.5, 0.6) is 0 Å². The lowest BCUT2D eigenvalue weighted by molar-refractivity contribution is 0.191. The Bertz CT molecular complexity index is 947. The molecule has 0 saturated carbocycles. The molecule has 0 saturated heterocycles. The van der Waals surface area contributed by atoms with Crippen molar-refractivity contribution in [2.24, 2.45) is 0 Å². The number of pyridine rings is 1. The molecule has 0 amide bonds. The summed E-state index contributed by atoms with van der Waals surface area (Å²) >= 11 is 5.18. The molecule has 0 aliphatic rings. The third-order valence-corrected chi connectivity index (χ3v) is 3.87. The standard InChI is InChI=1S/C17H18N6O2S/c24-12(10-20-17(26)21-11-4-3-7-18-8-11)9-19-15-13-5-1-2-6-14(13)16(25)23-22-15/h1-8,12,24H,9-10H2,(H,19,22)(H,23,25)(H2,20,21,26). The van der Waals surface area contributed by atoms with Crippen molar-refractivity contribution in [3.8, 4) is 0 Å². The van der Waals surface area contributed by atoms with Gasteiger partial charge in [0.2, 0.25) is 0 Å². The minimum absolute atomic E-state index is 0.242. The third kappa shape index (κ3) is 4.52. The van der Waals surface area contributed by atoms with E-state index in [2.05, 4.69) is 31.1 Å². The van der Waals surface area contributed by atoms with Crippen LogP contribution in [0.15, 0.2) is 53.6 Å². The highest BCUT2D eigenvalue weighted by Gasteiger charge is 2.09. The van der Waals surface area contributed by atoms with E-state index in [1.54, 1.807) is 36.7 Å². The zero-order chi connectivity index (χ0) is 18.4. The molecule has 9 heteroatoms. The van der Waals surface area contributed by atoms with Gasteiger partial charge in [0.05, 0.1) is 23.4 Å². The van der Waals surface area contributed by atoms with Gasteiger partial charge in [0.25, 0.3) is 5.56 Å². The molecule has 1 atom stereocenters. The summed E-state index contributed by atoms with van der Waals surface area (Å²) in [7, 11) is 0. The van der Waals surface area contributed by atoms with Gasteiger partial charge < -0.3 is 21.1 Å². The Balaban J connectivity index is 1.52. The van der Waals surface area contributed by atoms with E-state index in [1.165, 1.54) is 0 Å². The number of fused-ring (bicyclic) bond motifs is 1. The SMILES string of the molecule is O=c1[nH]nc(NCC(O)CNC(=S)Nc2cccnc2)c2ccccc12. The molecule has 0 spiro atoms. The Hall–Kier alpha value is -3.04. The van der Waals surface area contributed by atoms with E-state index in [0.717, 1.165) is 5.69 Å². The van der Waals surface area contributed by atoms with E-state index in [-0.39, 0.29) is 18.6 Å². The van der Waals surface area contributed by atoms with E-state index in [0.29, 0.717) is 21.7 Å². The zero-order valence-electron chi connectivity index (χ0n) is 13.8. The molecule has 134 valence electrons. The lowest BCUT2D eigenvalue weighted by atomic mass is 10.2. The maximum Gasteiger partial charge on any atom is 0.272 e. The number of aromatic amines is 1. The van der Waals surface area contributed by atoms with Crippen molar-refractivity contribution >= 4 is 39.6 Å². The third-order valence-electron chi connectivity index (χ3n) is 3.62. The fourth-order valence-corrected chi connectivity index (χ4v) is 2.56. The van der Waals surface area contributed by atoms with Gasteiger partial charge in [-0.05, 0) is 30.4 Å². The second kappa shape index (κ2) is 8.37. The molecule has 3 aromatic rings. The molecule has 1 aromatic carbocycles. The minimum atomic E-state index is -0.712. The number of H-pyrrole nitrogens is 1. The van der Waals surface area contributed by atoms with Gasteiger partial charge in [0.15, 0.2) is 10.9 Å². The normalized spacial score (nSPS) is 11.7. The number of nitrogens with zero attached hydrogens (tertiary/aromatic N) is 2. The number of hydrogen-bond donors (Lipinski definition) is 5. The van der Waals surface area contributed by atoms with Gasteiger partial charge in [-0.25, -0.2) is 5.10 Å². The van der Waals surface area contributed by atoms with Crippen molar-refractivity contribution in [2.45, 2.75) is 6.10 Å². The molecular formula is C17H18N6O2S. The second-order valence-corrected chi connectivity index (χ2v) is 5.97. The summed E-state index contributed by atoms with van der Waals surface area (Å²) in [5, 5.41) is 27.2. The number of nitrogens with one attached hydrogen (secondary N) is 4. The highest BCUT2D eigenvalue weighted by Crippen LogP contribution is 2.16. The molecule has 0 bridgehead atoms. The van der Waals surface area contributed by atoms with Crippen molar-refractivity contribution in [1.82, 2.24) is 20.5 Å². The van der Waals surface area contributed by atoms with Crippen molar-refractivity contribution in [1.29, 1.82) is 0 Å². The van der Waals surface area contributed by atoms with Gasteiger partial charge in [0, 0.05) is 24.7 Å². The largest absolute Gasteiger partial charge is 0.389 e. The number of aliphatic hydroxyl groups is 1. The van der Waals surface area contributed by atoms with Gasteiger partial charge in [-0.15, -0.1) is 0 Å². The summed E-state index contributed by atoms with van der Waals surface area (Å²) in [6, 6.07) is 10.8. The molecule has 3 rings (SSSR count). The van der Waals surface area contributed by atoms with Crippen molar-refractivity contribution in [3.63, 3.8) is 0 Å². The van der Waals surface area contributed by atoms with E-state index >= 15 is 0 Å². The molecule has 26 heavy (non-hydrogen) atoms. The first-order valence-corrected chi connectivity index (χ1v) is 8.38. The lowest BCUT2D eigenvalue weighted by Gasteiger charge is -2.15. The summed E-state index contributed by atoms with van der Waals surface area (Å²) in [6.07, 6.45) is 2.61. The minimum Gasteiger partial charge on any atom is -0.389 e. The fourth-order valence-electron chi connectivity index (χ4n) is 2.36. The first-order valence-electron chi connectivity index (χ1n) is 7.98. The van der Waals surface area contributed by atoms with Crippen LogP contribution in [0.4, 0.5) is 11.5 Å². The molecule has 1 unspecified atom stereocenters. The highest BCUT2D eigenvalue weighted by molar-refractivity contribution is 7.80. The molecule has 2 aromatic heterocycles. The number of benzene rings is 1. The van der Waals surface area contributed by atoms with Crippen LogP contribution in [0.25, 0.3) is 10.8 Å². The Morgan fingerprint density at radius 3 is 2.77 bits per heavy atom. The van der Waals surface area contributed by atoms with Gasteiger partial charge in [-0.3, -0.25) is 9.78 Å². The maximum atomic E-state index is 11.8. The summed E-state index contributed by atoms with van der Waals surface area (Å²) < 4.78 is 0. The predicted octanol–water partition coefficient (Wildman–Crippen LogP) is 1.08. The first kappa shape index (κ1) is 17.8. The van der Waals surface area contributed by atoms with Crippen molar-refractivity contribution in [2.75, 3.05) is 23.7 Å². The summed E-state index contributed by atoms with van der Waals surface area (Å²) in [5.74, 6) is 0.510. The van der Waals surface area contributed by atoms with Crippen LogP contribution in [0.3, 0.4) is 0 Å². The number of hydrogen-bond acceptors (Lipinski definition) is 6. The predicted molar refractivity (Wildman–Crippen MR) is 105 cm³/mol. The van der Waals surface area contributed by atoms with E-state index in [9.17, 15) is 9.90 Å². The Kier molecular flexibility index (Phi) is 5.72. The van der Waals surface area contributed by atoms with E-state index in [1.807, 2.05) is 12.1 Å². The summed E-state index contributed by atoms with van der Waals surface area (Å²) in [5.41, 5.74) is 0.515. The van der Waals surface area contributed by atoms with E-state index in [4.69, 9.17) is 12.2 Å². The topological polar surface area (TPSA) is 115 Å². The number of rotatable bonds is 6. The van der Waals surface area contributed by atoms with Crippen LogP contribution in [0, 0.1) is 0 Å². The Morgan fingerprint density at radius 1 is 1.19 bits per heavy atom. The van der Waals surface area contributed by atoms with Gasteiger partial charge in [-0.1, -0.05) is 18.2 Å². The second-order valence-electron chi connectivity index (χ2n) is 5.56. The molecule has 8 nitrogen and oxygen atoms in total. The van der Waals surface area contributed by atoms with Crippen LogP contribution in [0.1, 0.15) is 0 Å². The first-order chi connectivity index (χ1) is 12.6.